The molecule has 3 rings (SSSR count). The quantitative estimate of drug-likeness (QED) is 0.493. The fourth-order valence-corrected chi connectivity index (χ4v) is 2.61. The van der Waals surface area contributed by atoms with E-state index >= 15 is 0 Å². The second-order valence-electron chi connectivity index (χ2n) is 5.97. The summed E-state index contributed by atoms with van der Waals surface area (Å²) in [5.74, 6) is 1.06. The van der Waals surface area contributed by atoms with Crippen LogP contribution in [0.5, 0.6) is 0 Å². The fraction of sp³-hybridized carbons (Fsp3) is 0.238. The topological polar surface area (TPSA) is 62.5 Å². The number of nitrogens with zero attached hydrogens (tertiary/aromatic N) is 2. The molecule has 2 aromatic carbocycles. The lowest BCUT2D eigenvalue weighted by Gasteiger charge is -2.11. The molecule has 0 spiro atoms. The Morgan fingerprint density at radius 2 is 1.85 bits per heavy atom. The first-order valence-electron chi connectivity index (χ1n) is 9.01. The molecule has 0 saturated carbocycles. The van der Waals surface area contributed by atoms with Crippen molar-refractivity contribution >= 4 is 5.96 Å². The number of hydrogen-bond acceptors (Lipinski definition) is 3. The van der Waals surface area contributed by atoms with Crippen LogP contribution >= 0.6 is 0 Å². The van der Waals surface area contributed by atoms with E-state index in [1.165, 1.54) is 6.07 Å². The minimum absolute atomic E-state index is 0.183. The molecule has 0 radical (unpaired) electrons. The van der Waals surface area contributed by atoms with Gasteiger partial charge < -0.3 is 15.1 Å². The van der Waals surface area contributed by atoms with Crippen LogP contribution in [0, 0.1) is 5.82 Å². The van der Waals surface area contributed by atoms with Crippen molar-refractivity contribution < 1.29 is 8.81 Å². The van der Waals surface area contributed by atoms with Crippen molar-refractivity contribution in [2.24, 2.45) is 4.99 Å². The molecule has 0 fully saturated rings. The molecule has 0 aliphatic rings. The Kier molecular flexibility index (Phi) is 6.57. The molecular formula is C21H23FN4O. The van der Waals surface area contributed by atoms with Gasteiger partial charge in [-0.1, -0.05) is 36.4 Å². The molecule has 1 heterocycles. The van der Waals surface area contributed by atoms with Crippen LogP contribution in [0.15, 0.2) is 70.3 Å². The molecule has 0 aliphatic heterocycles. The Balaban J connectivity index is 1.57. The van der Waals surface area contributed by atoms with Crippen LogP contribution in [0.4, 0.5) is 4.39 Å². The average Bonchev–Trinajstić information content (AvgIpc) is 3.17. The Hall–Kier alpha value is -3.15. The lowest BCUT2D eigenvalue weighted by molar-refractivity contribution is 0.572. The SMILES string of the molecule is CCNC(=NCc1coc(-c2ccccc2)n1)NCCc1ccccc1F. The van der Waals surface area contributed by atoms with Gasteiger partial charge in [-0.15, -0.1) is 0 Å². The highest BCUT2D eigenvalue weighted by molar-refractivity contribution is 5.79. The van der Waals surface area contributed by atoms with E-state index in [-0.39, 0.29) is 5.82 Å². The van der Waals surface area contributed by atoms with Crippen LogP contribution in [-0.2, 0) is 13.0 Å². The molecule has 0 aliphatic carbocycles. The standard InChI is InChI=1S/C21H23FN4O/c1-2-23-21(24-13-12-16-8-6-7-11-19(16)22)25-14-18-15-27-20(26-18)17-9-4-3-5-10-17/h3-11,15H,2,12-14H2,1H3,(H2,23,24,25). The molecular weight excluding hydrogens is 343 g/mol. The molecule has 0 saturated heterocycles. The Bertz CT molecular complexity index is 877. The number of aliphatic imine (C=N–C) groups is 1. The summed E-state index contributed by atoms with van der Waals surface area (Å²) < 4.78 is 19.2. The van der Waals surface area contributed by atoms with Crippen molar-refractivity contribution in [2.45, 2.75) is 19.9 Å². The lowest BCUT2D eigenvalue weighted by atomic mass is 10.1. The van der Waals surface area contributed by atoms with Crippen LogP contribution in [0.1, 0.15) is 18.2 Å². The van der Waals surface area contributed by atoms with Gasteiger partial charge >= 0.3 is 0 Å². The van der Waals surface area contributed by atoms with Crippen molar-refractivity contribution in [2.75, 3.05) is 13.1 Å². The zero-order valence-electron chi connectivity index (χ0n) is 15.3. The molecule has 0 bridgehead atoms. The van der Waals surface area contributed by atoms with Gasteiger partial charge in [0, 0.05) is 18.7 Å². The van der Waals surface area contributed by atoms with Gasteiger partial charge in [0.1, 0.15) is 17.8 Å². The van der Waals surface area contributed by atoms with E-state index in [9.17, 15) is 4.39 Å². The number of benzene rings is 2. The van der Waals surface area contributed by atoms with Crippen molar-refractivity contribution in [1.82, 2.24) is 15.6 Å². The molecule has 1 aromatic heterocycles. The molecule has 0 amide bonds. The predicted octanol–water partition coefficient (Wildman–Crippen LogP) is 3.78. The molecule has 0 atom stereocenters. The van der Waals surface area contributed by atoms with E-state index < -0.39 is 0 Å². The molecule has 140 valence electrons. The number of hydrogen-bond donors (Lipinski definition) is 2. The monoisotopic (exact) mass is 366 g/mol. The molecule has 27 heavy (non-hydrogen) atoms. The van der Waals surface area contributed by atoms with Crippen molar-refractivity contribution in [3.63, 3.8) is 0 Å². The van der Waals surface area contributed by atoms with E-state index in [1.54, 1.807) is 18.4 Å². The largest absolute Gasteiger partial charge is 0.444 e. The van der Waals surface area contributed by atoms with E-state index in [0.717, 1.165) is 17.8 Å². The fourth-order valence-electron chi connectivity index (χ4n) is 2.61. The summed E-state index contributed by atoms with van der Waals surface area (Å²) in [7, 11) is 0. The summed E-state index contributed by atoms with van der Waals surface area (Å²) in [4.78, 5) is 9.00. The second kappa shape index (κ2) is 9.52. The number of aromatic nitrogens is 1. The average molecular weight is 366 g/mol. The minimum Gasteiger partial charge on any atom is -0.444 e. The van der Waals surface area contributed by atoms with E-state index in [4.69, 9.17) is 4.42 Å². The van der Waals surface area contributed by atoms with Gasteiger partial charge in [0.05, 0.1) is 6.54 Å². The van der Waals surface area contributed by atoms with Gasteiger partial charge in [0.15, 0.2) is 5.96 Å². The number of guanidine groups is 1. The van der Waals surface area contributed by atoms with Gasteiger partial charge in [-0.25, -0.2) is 14.4 Å². The third-order valence-corrected chi connectivity index (χ3v) is 3.96. The molecule has 6 heteroatoms. The first-order chi connectivity index (χ1) is 13.3. The maximum Gasteiger partial charge on any atom is 0.226 e. The third kappa shape index (κ3) is 5.41. The summed E-state index contributed by atoms with van der Waals surface area (Å²) >= 11 is 0. The molecule has 2 N–H and O–H groups in total. The molecule has 5 nitrogen and oxygen atoms in total. The van der Waals surface area contributed by atoms with Crippen LogP contribution in [0.2, 0.25) is 0 Å². The van der Waals surface area contributed by atoms with Crippen LogP contribution < -0.4 is 10.6 Å². The number of halogens is 1. The summed E-state index contributed by atoms with van der Waals surface area (Å²) in [5, 5.41) is 6.40. The number of nitrogens with one attached hydrogen (secondary N) is 2. The third-order valence-electron chi connectivity index (χ3n) is 3.96. The second-order valence-corrected chi connectivity index (χ2v) is 5.97. The first-order valence-corrected chi connectivity index (χ1v) is 9.01. The van der Waals surface area contributed by atoms with Crippen molar-refractivity contribution in [3.05, 3.63) is 77.9 Å². The predicted molar refractivity (Wildman–Crippen MR) is 105 cm³/mol. The highest BCUT2D eigenvalue weighted by Crippen LogP contribution is 2.18. The van der Waals surface area contributed by atoms with Gasteiger partial charge in [0.2, 0.25) is 5.89 Å². The van der Waals surface area contributed by atoms with Gasteiger partial charge in [0.25, 0.3) is 0 Å². The van der Waals surface area contributed by atoms with Crippen LogP contribution in [0.3, 0.4) is 0 Å². The minimum atomic E-state index is -0.183. The summed E-state index contributed by atoms with van der Waals surface area (Å²) in [6, 6.07) is 16.5. The van der Waals surface area contributed by atoms with Crippen molar-refractivity contribution in [1.29, 1.82) is 0 Å². The zero-order chi connectivity index (χ0) is 18.9. The summed E-state index contributed by atoms with van der Waals surface area (Å²) in [6.07, 6.45) is 2.20. The van der Waals surface area contributed by atoms with Gasteiger partial charge in [-0.3, -0.25) is 0 Å². The van der Waals surface area contributed by atoms with Crippen molar-refractivity contribution in [3.8, 4) is 11.5 Å². The normalized spacial score (nSPS) is 11.4. The Labute approximate surface area is 158 Å². The Morgan fingerprint density at radius 1 is 1.07 bits per heavy atom. The highest BCUT2D eigenvalue weighted by Gasteiger charge is 2.06. The number of oxazole rings is 1. The smallest absolute Gasteiger partial charge is 0.226 e. The van der Waals surface area contributed by atoms with Crippen LogP contribution in [-0.4, -0.2) is 24.0 Å². The van der Waals surface area contributed by atoms with E-state index in [2.05, 4.69) is 20.6 Å². The lowest BCUT2D eigenvalue weighted by Crippen LogP contribution is -2.38. The zero-order valence-corrected chi connectivity index (χ0v) is 15.3. The highest BCUT2D eigenvalue weighted by atomic mass is 19.1. The maximum absolute atomic E-state index is 13.7. The maximum atomic E-state index is 13.7. The van der Waals surface area contributed by atoms with E-state index in [1.807, 2.05) is 43.3 Å². The van der Waals surface area contributed by atoms with Gasteiger partial charge in [-0.2, -0.15) is 0 Å². The van der Waals surface area contributed by atoms with E-state index in [0.29, 0.717) is 36.9 Å². The number of rotatable bonds is 7. The van der Waals surface area contributed by atoms with Gasteiger partial charge in [-0.05, 0) is 37.1 Å². The summed E-state index contributed by atoms with van der Waals surface area (Å²) in [5.41, 5.74) is 2.37. The molecule has 3 aromatic rings. The first kappa shape index (κ1) is 18.6. The summed E-state index contributed by atoms with van der Waals surface area (Å²) in [6.45, 7) is 3.71. The Morgan fingerprint density at radius 3 is 2.63 bits per heavy atom. The molecule has 0 unspecified atom stereocenters. The van der Waals surface area contributed by atoms with Crippen LogP contribution in [0.25, 0.3) is 11.5 Å².